The number of ether oxygens (including phenoxy) is 1. The highest BCUT2D eigenvalue weighted by atomic mass is 16.5. The molecule has 0 atom stereocenters. The van der Waals surface area contributed by atoms with Gasteiger partial charge in [-0.3, -0.25) is 9.47 Å². The van der Waals surface area contributed by atoms with Crippen LogP contribution in [-0.2, 0) is 6.54 Å². The van der Waals surface area contributed by atoms with E-state index in [1.54, 1.807) is 6.20 Å². The van der Waals surface area contributed by atoms with Gasteiger partial charge in [0.2, 0.25) is 0 Å². The average Bonchev–Trinajstić information content (AvgIpc) is 3.24. The van der Waals surface area contributed by atoms with Crippen LogP contribution in [0.2, 0.25) is 0 Å². The first-order valence-electron chi connectivity index (χ1n) is 12.0. The normalized spacial score (nSPS) is 14.3. The molecule has 8 nitrogen and oxygen atoms in total. The van der Waals surface area contributed by atoms with Crippen molar-refractivity contribution >= 4 is 22.9 Å². The Morgan fingerprint density at radius 1 is 1.00 bits per heavy atom. The lowest BCUT2D eigenvalue weighted by atomic mass is 10.2. The van der Waals surface area contributed by atoms with Crippen LogP contribution in [0.15, 0.2) is 66.9 Å². The monoisotopic (exact) mass is 470 g/mol. The molecule has 0 radical (unpaired) electrons. The van der Waals surface area contributed by atoms with Crippen molar-refractivity contribution in [2.45, 2.75) is 20.4 Å². The summed E-state index contributed by atoms with van der Waals surface area (Å²) < 4.78 is 7.72. The Labute approximate surface area is 205 Å². The molecule has 1 aliphatic heterocycles. The smallest absolute Gasteiger partial charge is 0.321 e. The van der Waals surface area contributed by atoms with Gasteiger partial charge < -0.3 is 15.0 Å². The number of hydrogen-bond acceptors (Lipinski definition) is 5. The highest BCUT2D eigenvalue weighted by Gasteiger charge is 2.23. The maximum atomic E-state index is 12.7. The molecule has 0 bridgehead atoms. The SMILES string of the molecule is CCOc1ccc(-n2c(CN3CCN(C(=O)Nc4ccc(C)cc4)CC3)nc3cccnc32)cc1. The van der Waals surface area contributed by atoms with E-state index >= 15 is 0 Å². The van der Waals surface area contributed by atoms with Crippen molar-refractivity contribution in [3.05, 3.63) is 78.2 Å². The Balaban J connectivity index is 1.28. The molecule has 8 heteroatoms. The lowest BCUT2D eigenvalue weighted by molar-refractivity contribution is 0.140. The third-order valence-electron chi connectivity index (χ3n) is 6.22. The summed E-state index contributed by atoms with van der Waals surface area (Å²) >= 11 is 0. The molecule has 1 N–H and O–H groups in total. The van der Waals surface area contributed by atoms with Gasteiger partial charge in [-0.1, -0.05) is 17.7 Å². The number of nitrogens with zero attached hydrogens (tertiary/aromatic N) is 5. The number of aromatic nitrogens is 3. The largest absolute Gasteiger partial charge is 0.494 e. The van der Waals surface area contributed by atoms with Crippen LogP contribution in [0.25, 0.3) is 16.9 Å². The zero-order valence-electron chi connectivity index (χ0n) is 20.1. The number of amides is 2. The summed E-state index contributed by atoms with van der Waals surface area (Å²) in [6.07, 6.45) is 1.80. The molecule has 2 aromatic carbocycles. The van der Waals surface area contributed by atoms with Crippen molar-refractivity contribution < 1.29 is 9.53 Å². The predicted molar refractivity (Wildman–Crippen MR) is 137 cm³/mol. The van der Waals surface area contributed by atoms with E-state index in [9.17, 15) is 4.79 Å². The van der Waals surface area contributed by atoms with Crippen molar-refractivity contribution in [3.8, 4) is 11.4 Å². The van der Waals surface area contributed by atoms with Crippen molar-refractivity contribution in [3.63, 3.8) is 0 Å². The van der Waals surface area contributed by atoms with Gasteiger partial charge in [0.05, 0.1) is 13.2 Å². The second kappa shape index (κ2) is 10.1. The zero-order valence-corrected chi connectivity index (χ0v) is 20.1. The first-order chi connectivity index (χ1) is 17.1. The Morgan fingerprint density at radius 3 is 2.46 bits per heavy atom. The number of carbonyl (C=O) groups excluding carboxylic acids is 1. The van der Waals surface area contributed by atoms with Crippen molar-refractivity contribution in [1.82, 2.24) is 24.3 Å². The average molecular weight is 471 g/mol. The van der Waals surface area contributed by atoms with E-state index in [2.05, 4.69) is 19.8 Å². The van der Waals surface area contributed by atoms with Gasteiger partial charge in [-0.05, 0) is 62.4 Å². The molecular weight excluding hydrogens is 440 g/mol. The molecule has 0 saturated carbocycles. The second-order valence-electron chi connectivity index (χ2n) is 8.70. The third-order valence-corrected chi connectivity index (χ3v) is 6.22. The summed E-state index contributed by atoms with van der Waals surface area (Å²) in [5.74, 6) is 1.77. The first kappa shape index (κ1) is 22.9. The highest BCUT2D eigenvalue weighted by molar-refractivity contribution is 5.89. The summed E-state index contributed by atoms with van der Waals surface area (Å²) in [5, 5.41) is 3.00. The molecule has 2 aromatic heterocycles. The Kier molecular flexibility index (Phi) is 6.63. The van der Waals surface area contributed by atoms with Gasteiger partial charge in [0.1, 0.15) is 17.1 Å². The highest BCUT2D eigenvalue weighted by Crippen LogP contribution is 2.23. The lowest BCUT2D eigenvalue weighted by Crippen LogP contribution is -2.49. The fraction of sp³-hybridized carbons (Fsp3) is 0.296. The van der Waals surface area contributed by atoms with E-state index in [4.69, 9.17) is 9.72 Å². The van der Waals surface area contributed by atoms with Gasteiger partial charge in [0.25, 0.3) is 0 Å². The molecule has 5 rings (SSSR count). The minimum absolute atomic E-state index is 0.0562. The quantitative estimate of drug-likeness (QED) is 0.450. The minimum Gasteiger partial charge on any atom is -0.494 e. The van der Waals surface area contributed by atoms with Crippen molar-refractivity contribution in [1.29, 1.82) is 0 Å². The van der Waals surface area contributed by atoms with E-state index in [0.29, 0.717) is 26.2 Å². The molecule has 0 aliphatic carbocycles. The number of benzene rings is 2. The van der Waals surface area contributed by atoms with E-state index in [0.717, 1.165) is 47.2 Å². The van der Waals surface area contributed by atoms with Crippen LogP contribution in [0.3, 0.4) is 0 Å². The molecule has 2 amide bonds. The van der Waals surface area contributed by atoms with Gasteiger partial charge in [0, 0.05) is 43.8 Å². The fourth-order valence-corrected chi connectivity index (χ4v) is 4.34. The van der Waals surface area contributed by atoms with Crippen LogP contribution in [-0.4, -0.2) is 63.2 Å². The molecule has 4 aromatic rings. The molecule has 1 saturated heterocycles. The number of hydrogen-bond donors (Lipinski definition) is 1. The summed E-state index contributed by atoms with van der Waals surface area (Å²) in [6, 6.07) is 19.7. The summed E-state index contributed by atoms with van der Waals surface area (Å²) in [6.45, 7) is 8.21. The van der Waals surface area contributed by atoms with Crippen LogP contribution in [0.1, 0.15) is 18.3 Å². The van der Waals surface area contributed by atoms with Crippen molar-refractivity contribution in [2.75, 3.05) is 38.1 Å². The maximum absolute atomic E-state index is 12.7. The topological polar surface area (TPSA) is 75.5 Å². The Bertz CT molecular complexity index is 1290. The first-order valence-corrected chi connectivity index (χ1v) is 12.0. The van der Waals surface area contributed by atoms with Crippen LogP contribution in [0.5, 0.6) is 5.75 Å². The number of anilines is 1. The second-order valence-corrected chi connectivity index (χ2v) is 8.70. The molecule has 35 heavy (non-hydrogen) atoms. The zero-order chi connectivity index (χ0) is 24.2. The lowest BCUT2D eigenvalue weighted by Gasteiger charge is -2.34. The van der Waals surface area contributed by atoms with E-state index in [1.165, 1.54) is 5.56 Å². The predicted octanol–water partition coefficient (Wildman–Crippen LogP) is 4.48. The summed E-state index contributed by atoms with van der Waals surface area (Å²) in [7, 11) is 0. The van der Waals surface area contributed by atoms with Crippen LogP contribution in [0, 0.1) is 6.92 Å². The molecule has 3 heterocycles. The molecule has 0 spiro atoms. The standard InChI is InChI=1S/C27H30N6O2/c1-3-35-23-12-10-22(11-13-23)33-25(30-24-5-4-14-28-26(24)33)19-31-15-17-32(18-16-31)27(34)29-21-8-6-20(2)7-9-21/h4-14H,3,15-19H2,1-2H3,(H,29,34). The number of piperazine rings is 1. The number of aryl methyl sites for hydroxylation is 1. The minimum atomic E-state index is -0.0562. The third kappa shape index (κ3) is 5.12. The number of fused-ring (bicyclic) bond motifs is 1. The fourth-order valence-electron chi connectivity index (χ4n) is 4.34. The van der Waals surface area contributed by atoms with E-state index in [-0.39, 0.29) is 6.03 Å². The number of pyridine rings is 1. The maximum Gasteiger partial charge on any atom is 0.321 e. The number of imidazole rings is 1. The summed E-state index contributed by atoms with van der Waals surface area (Å²) in [4.78, 5) is 26.4. The van der Waals surface area contributed by atoms with Gasteiger partial charge in [-0.2, -0.15) is 0 Å². The van der Waals surface area contributed by atoms with Crippen LogP contribution >= 0.6 is 0 Å². The van der Waals surface area contributed by atoms with Crippen molar-refractivity contribution in [2.24, 2.45) is 0 Å². The molecule has 1 aliphatic rings. The van der Waals surface area contributed by atoms with Gasteiger partial charge in [-0.15, -0.1) is 0 Å². The molecule has 180 valence electrons. The van der Waals surface area contributed by atoms with Gasteiger partial charge in [-0.25, -0.2) is 14.8 Å². The van der Waals surface area contributed by atoms with Gasteiger partial charge in [0.15, 0.2) is 5.65 Å². The molecule has 0 unspecified atom stereocenters. The van der Waals surface area contributed by atoms with Crippen LogP contribution in [0.4, 0.5) is 10.5 Å². The number of carbonyl (C=O) groups is 1. The van der Waals surface area contributed by atoms with E-state index < -0.39 is 0 Å². The molecule has 1 fully saturated rings. The Morgan fingerprint density at radius 2 is 1.74 bits per heavy atom. The number of nitrogens with one attached hydrogen (secondary N) is 1. The molecular formula is C27H30N6O2. The number of urea groups is 1. The van der Waals surface area contributed by atoms with Gasteiger partial charge >= 0.3 is 6.03 Å². The Hall–Kier alpha value is -3.91. The summed E-state index contributed by atoms with van der Waals surface area (Å²) in [5.41, 5.74) is 4.69. The van der Waals surface area contributed by atoms with Crippen LogP contribution < -0.4 is 10.1 Å². The number of rotatable bonds is 6. The van der Waals surface area contributed by atoms with E-state index in [1.807, 2.05) is 79.4 Å².